The van der Waals surface area contributed by atoms with Crippen molar-refractivity contribution < 1.29 is 18.0 Å². The molecule has 1 fully saturated rings. The molecule has 32 heavy (non-hydrogen) atoms. The predicted molar refractivity (Wildman–Crippen MR) is 124 cm³/mol. The van der Waals surface area contributed by atoms with Crippen molar-refractivity contribution in [2.24, 2.45) is 0 Å². The van der Waals surface area contributed by atoms with Crippen LogP contribution in [0.4, 0.5) is 11.4 Å². The van der Waals surface area contributed by atoms with Crippen LogP contribution in [-0.2, 0) is 26.0 Å². The summed E-state index contributed by atoms with van der Waals surface area (Å²) in [5.41, 5.74) is 4.11. The lowest BCUT2D eigenvalue weighted by molar-refractivity contribution is -0.121. The number of aryl methyl sites for hydroxylation is 3. The number of rotatable bonds is 5. The number of benzene rings is 2. The highest BCUT2D eigenvalue weighted by molar-refractivity contribution is 7.89. The molecule has 1 saturated heterocycles. The molecule has 7 nitrogen and oxygen atoms in total. The molecule has 2 amide bonds. The Balaban J connectivity index is 1.59. The van der Waals surface area contributed by atoms with E-state index in [9.17, 15) is 18.0 Å². The van der Waals surface area contributed by atoms with Gasteiger partial charge in [0.15, 0.2) is 0 Å². The number of amides is 2. The van der Waals surface area contributed by atoms with E-state index in [-0.39, 0.29) is 23.3 Å². The van der Waals surface area contributed by atoms with Gasteiger partial charge in [0.25, 0.3) is 0 Å². The standard InChI is InChI=1S/C24H29N3O4S/c1-17-8-9-18(2)21(14-17)25-23(28)16-27-22-11-10-20(15-19(22)6-5-7-24(27)29)32(30,31)26-12-3-4-13-26/h8-11,14-15H,3-7,12-13,16H2,1-2H3,(H,25,28). The number of carbonyl (C=O) groups excluding carboxylic acids is 2. The van der Waals surface area contributed by atoms with Gasteiger partial charge in [-0.3, -0.25) is 9.59 Å². The van der Waals surface area contributed by atoms with E-state index in [2.05, 4.69) is 5.32 Å². The summed E-state index contributed by atoms with van der Waals surface area (Å²) < 4.78 is 27.5. The lowest BCUT2D eigenvalue weighted by atomic mass is 10.1. The molecule has 0 bridgehead atoms. The van der Waals surface area contributed by atoms with Crippen LogP contribution in [0, 0.1) is 13.8 Å². The molecule has 2 aliphatic heterocycles. The fourth-order valence-electron chi connectivity index (χ4n) is 4.34. The third-order valence-corrected chi connectivity index (χ3v) is 8.05. The molecular weight excluding hydrogens is 426 g/mol. The first-order valence-electron chi connectivity index (χ1n) is 11.1. The molecule has 2 aromatic carbocycles. The molecule has 0 saturated carbocycles. The van der Waals surface area contributed by atoms with E-state index in [4.69, 9.17) is 0 Å². The topological polar surface area (TPSA) is 86.8 Å². The average molecular weight is 456 g/mol. The van der Waals surface area contributed by atoms with Crippen molar-refractivity contribution in [3.8, 4) is 0 Å². The van der Waals surface area contributed by atoms with E-state index in [1.54, 1.807) is 18.2 Å². The van der Waals surface area contributed by atoms with Crippen LogP contribution in [0.3, 0.4) is 0 Å². The second kappa shape index (κ2) is 9.03. The number of sulfonamides is 1. The van der Waals surface area contributed by atoms with E-state index in [0.29, 0.717) is 38.0 Å². The molecule has 2 heterocycles. The Hall–Kier alpha value is -2.71. The number of anilines is 2. The fraction of sp³-hybridized carbons (Fsp3) is 0.417. The van der Waals surface area contributed by atoms with Crippen LogP contribution >= 0.6 is 0 Å². The van der Waals surface area contributed by atoms with E-state index >= 15 is 0 Å². The zero-order chi connectivity index (χ0) is 22.9. The largest absolute Gasteiger partial charge is 0.324 e. The Bertz CT molecular complexity index is 1150. The van der Waals surface area contributed by atoms with Crippen molar-refractivity contribution in [3.63, 3.8) is 0 Å². The molecule has 0 spiro atoms. The van der Waals surface area contributed by atoms with Crippen molar-refractivity contribution in [1.82, 2.24) is 4.31 Å². The van der Waals surface area contributed by atoms with Gasteiger partial charge in [0.2, 0.25) is 21.8 Å². The van der Waals surface area contributed by atoms with Gasteiger partial charge in [0.05, 0.1) is 4.90 Å². The second-order valence-corrected chi connectivity index (χ2v) is 10.5. The molecule has 170 valence electrons. The number of hydrogen-bond donors (Lipinski definition) is 1. The molecule has 0 aliphatic carbocycles. The summed E-state index contributed by atoms with van der Waals surface area (Å²) >= 11 is 0. The number of carbonyl (C=O) groups is 2. The van der Waals surface area contributed by atoms with Gasteiger partial charge in [-0.25, -0.2) is 8.42 Å². The Morgan fingerprint density at radius 3 is 2.50 bits per heavy atom. The molecule has 8 heteroatoms. The molecule has 0 radical (unpaired) electrons. The fourth-order valence-corrected chi connectivity index (χ4v) is 5.91. The summed E-state index contributed by atoms with van der Waals surface area (Å²) in [5.74, 6) is -0.413. The molecule has 2 aromatic rings. The van der Waals surface area contributed by atoms with Gasteiger partial charge in [-0.15, -0.1) is 0 Å². The summed E-state index contributed by atoms with van der Waals surface area (Å²) in [6, 6.07) is 10.7. The summed E-state index contributed by atoms with van der Waals surface area (Å²) in [7, 11) is -3.54. The molecule has 0 atom stereocenters. The molecule has 1 N–H and O–H groups in total. The van der Waals surface area contributed by atoms with Crippen LogP contribution in [-0.4, -0.2) is 44.2 Å². The van der Waals surface area contributed by atoms with Crippen LogP contribution in [0.25, 0.3) is 0 Å². The quantitative estimate of drug-likeness (QED) is 0.749. The van der Waals surface area contributed by atoms with Gasteiger partial charge in [0, 0.05) is 30.9 Å². The first kappa shape index (κ1) is 22.5. The zero-order valence-corrected chi connectivity index (χ0v) is 19.4. The van der Waals surface area contributed by atoms with E-state index in [0.717, 1.165) is 35.2 Å². The SMILES string of the molecule is Cc1ccc(C)c(NC(=O)CN2C(=O)CCCc3cc(S(=O)(=O)N4CCCC4)ccc32)c1. The Morgan fingerprint density at radius 2 is 1.75 bits per heavy atom. The number of nitrogens with one attached hydrogen (secondary N) is 1. The lowest BCUT2D eigenvalue weighted by Crippen LogP contribution is -2.38. The van der Waals surface area contributed by atoms with Crippen LogP contribution in [0.15, 0.2) is 41.3 Å². The van der Waals surface area contributed by atoms with Gasteiger partial charge < -0.3 is 10.2 Å². The monoisotopic (exact) mass is 455 g/mol. The van der Waals surface area contributed by atoms with Gasteiger partial charge in [-0.2, -0.15) is 4.31 Å². The summed E-state index contributed by atoms with van der Waals surface area (Å²) in [6.45, 7) is 4.85. The van der Waals surface area contributed by atoms with Crippen molar-refractivity contribution >= 4 is 33.2 Å². The maximum atomic E-state index is 13.0. The number of hydrogen-bond acceptors (Lipinski definition) is 4. The first-order valence-corrected chi connectivity index (χ1v) is 12.5. The van der Waals surface area contributed by atoms with Crippen LogP contribution < -0.4 is 10.2 Å². The van der Waals surface area contributed by atoms with Crippen LogP contribution in [0.5, 0.6) is 0 Å². The van der Waals surface area contributed by atoms with Crippen molar-refractivity contribution in [1.29, 1.82) is 0 Å². The maximum Gasteiger partial charge on any atom is 0.244 e. The van der Waals surface area contributed by atoms with Crippen molar-refractivity contribution in [2.45, 2.75) is 50.8 Å². The zero-order valence-electron chi connectivity index (χ0n) is 18.6. The second-order valence-electron chi connectivity index (χ2n) is 8.60. The first-order chi connectivity index (χ1) is 15.3. The summed E-state index contributed by atoms with van der Waals surface area (Å²) in [6.07, 6.45) is 3.29. The van der Waals surface area contributed by atoms with E-state index in [1.165, 1.54) is 9.21 Å². The Morgan fingerprint density at radius 1 is 1.00 bits per heavy atom. The van der Waals surface area contributed by atoms with Gasteiger partial charge >= 0.3 is 0 Å². The minimum atomic E-state index is -3.54. The minimum absolute atomic E-state index is 0.114. The van der Waals surface area contributed by atoms with Gasteiger partial charge in [-0.05, 0) is 80.5 Å². The number of fused-ring (bicyclic) bond motifs is 1. The number of nitrogens with zero attached hydrogens (tertiary/aromatic N) is 2. The highest BCUT2D eigenvalue weighted by Crippen LogP contribution is 2.31. The minimum Gasteiger partial charge on any atom is -0.324 e. The molecule has 0 unspecified atom stereocenters. The Kier molecular flexibility index (Phi) is 6.35. The van der Waals surface area contributed by atoms with Crippen LogP contribution in [0.2, 0.25) is 0 Å². The summed E-state index contributed by atoms with van der Waals surface area (Å²) in [5, 5.41) is 2.91. The van der Waals surface area contributed by atoms with E-state index < -0.39 is 10.0 Å². The molecule has 0 aromatic heterocycles. The molecule has 4 rings (SSSR count). The molecule has 2 aliphatic rings. The normalized spacial score (nSPS) is 17.2. The average Bonchev–Trinajstić information content (AvgIpc) is 3.26. The predicted octanol–water partition coefficient (Wildman–Crippen LogP) is 3.40. The Labute approximate surface area is 189 Å². The van der Waals surface area contributed by atoms with Gasteiger partial charge in [-0.1, -0.05) is 12.1 Å². The highest BCUT2D eigenvalue weighted by atomic mass is 32.2. The van der Waals surface area contributed by atoms with E-state index in [1.807, 2.05) is 32.0 Å². The third-order valence-electron chi connectivity index (χ3n) is 6.15. The maximum absolute atomic E-state index is 13.0. The molecular formula is C24H29N3O4S. The smallest absolute Gasteiger partial charge is 0.244 e. The third kappa shape index (κ3) is 4.56. The summed E-state index contributed by atoms with van der Waals surface area (Å²) in [4.78, 5) is 27.3. The highest BCUT2D eigenvalue weighted by Gasteiger charge is 2.30. The lowest BCUT2D eigenvalue weighted by Gasteiger charge is -2.24. The van der Waals surface area contributed by atoms with Gasteiger partial charge in [0.1, 0.15) is 6.54 Å². The van der Waals surface area contributed by atoms with Crippen LogP contribution in [0.1, 0.15) is 42.4 Å². The van der Waals surface area contributed by atoms with Crippen molar-refractivity contribution in [2.75, 3.05) is 29.9 Å². The van der Waals surface area contributed by atoms with Crippen molar-refractivity contribution in [3.05, 3.63) is 53.1 Å².